The minimum atomic E-state index is 0.0998. The molecule has 1 saturated carbocycles. The van der Waals surface area contributed by atoms with Gasteiger partial charge in [-0.15, -0.1) is 0 Å². The van der Waals surface area contributed by atoms with E-state index in [1.54, 1.807) is 11.0 Å². The maximum Gasteiger partial charge on any atom is 0.224 e. The molecule has 4 rings (SSSR count). The zero-order chi connectivity index (χ0) is 17.9. The van der Waals surface area contributed by atoms with E-state index in [0.29, 0.717) is 19.0 Å². The maximum absolute atomic E-state index is 12.4. The highest BCUT2D eigenvalue weighted by Crippen LogP contribution is 2.47. The van der Waals surface area contributed by atoms with Crippen LogP contribution in [0.2, 0.25) is 0 Å². The number of halogens is 1. The smallest absolute Gasteiger partial charge is 0.224 e. The Morgan fingerprint density at radius 3 is 2.54 bits per heavy atom. The second kappa shape index (κ2) is 7.41. The fourth-order valence-electron chi connectivity index (χ4n) is 3.15. The van der Waals surface area contributed by atoms with Crippen LogP contribution in [0.1, 0.15) is 29.0 Å². The molecule has 2 aromatic carbocycles. The minimum Gasteiger partial charge on any atom is -0.352 e. The number of aromatic nitrogens is 3. The van der Waals surface area contributed by atoms with Crippen LogP contribution < -0.4 is 5.32 Å². The summed E-state index contributed by atoms with van der Waals surface area (Å²) in [6, 6.07) is 16.5. The molecule has 0 radical (unpaired) electrons. The van der Waals surface area contributed by atoms with Crippen molar-refractivity contribution in [3.05, 3.63) is 82.3 Å². The van der Waals surface area contributed by atoms with Crippen LogP contribution in [0.3, 0.4) is 0 Å². The molecule has 0 bridgehead atoms. The molecule has 1 aromatic heterocycles. The largest absolute Gasteiger partial charge is 0.352 e. The Labute approximate surface area is 160 Å². The molecule has 0 saturated heterocycles. The van der Waals surface area contributed by atoms with Gasteiger partial charge in [0, 0.05) is 16.9 Å². The van der Waals surface area contributed by atoms with Crippen molar-refractivity contribution >= 4 is 21.8 Å². The van der Waals surface area contributed by atoms with Gasteiger partial charge in [0.1, 0.15) is 12.7 Å². The summed E-state index contributed by atoms with van der Waals surface area (Å²) in [5.41, 5.74) is 3.50. The van der Waals surface area contributed by atoms with Gasteiger partial charge in [-0.25, -0.2) is 9.67 Å². The van der Waals surface area contributed by atoms with Crippen molar-refractivity contribution in [3.63, 3.8) is 0 Å². The quantitative estimate of drug-likeness (QED) is 0.676. The molecule has 5 nitrogen and oxygen atoms in total. The first kappa shape index (κ1) is 17.0. The van der Waals surface area contributed by atoms with Gasteiger partial charge in [-0.2, -0.15) is 5.10 Å². The average molecular weight is 411 g/mol. The Morgan fingerprint density at radius 1 is 1.12 bits per heavy atom. The molecule has 1 aliphatic rings. The molecule has 2 unspecified atom stereocenters. The first-order valence-corrected chi connectivity index (χ1v) is 9.42. The van der Waals surface area contributed by atoms with E-state index in [1.165, 1.54) is 11.9 Å². The van der Waals surface area contributed by atoms with Crippen LogP contribution in [-0.4, -0.2) is 20.7 Å². The van der Waals surface area contributed by atoms with Crippen LogP contribution in [0.4, 0.5) is 0 Å². The van der Waals surface area contributed by atoms with Crippen LogP contribution in [0.15, 0.2) is 65.7 Å². The zero-order valence-corrected chi connectivity index (χ0v) is 15.8. The third-order valence-electron chi connectivity index (χ3n) is 4.73. The lowest BCUT2D eigenvalue weighted by atomic mass is 10.1. The molecule has 1 fully saturated rings. The molecule has 1 N–H and O–H groups in total. The van der Waals surface area contributed by atoms with Crippen molar-refractivity contribution in [1.29, 1.82) is 0 Å². The van der Waals surface area contributed by atoms with E-state index in [1.807, 2.05) is 24.3 Å². The van der Waals surface area contributed by atoms with E-state index >= 15 is 0 Å². The molecule has 2 atom stereocenters. The lowest BCUT2D eigenvalue weighted by molar-refractivity contribution is -0.122. The van der Waals surface area contributed by atoms with E-state index in [4.69, 9.17) is 0 Å². The first-order chi connectivity index (χ1) is 12.7. The second-order valence-corrected chi connectivity index (χ2v) is 7.54. The molecule has 1 aliphatic carbocycles. The fraction of sp³-hybridized carbons (Fsp3) is 0.250. The van der Waals surface area contributed by atoms with E-state index < -0.39 is 0 Å². The lowest BCUT2D eigenvalue weighted by Gasteiger charge is -2.07. The highest BCUT2D eigenvalue weighted by molar-refractivity contribution is 9.10. The summed E-state index contributed by atoms with van der Waals surface area (Å²) >= 11 is 3.44. The molecule has 1 amide bonds. The van der Waals surface area contributed by atoms with Crippen LogP contribution >= 0.6 is 15.9 Å². The van der Waals surface area contributed by atoms with Crippen molar-refractivity contribution in [3.8, 4) is 0 Å². The molecule has 0 aliphatic heterocycles. The maximum atomic E-state index is 12.4. The third-order valence-corrected chi connectivity index (χ3v) is 5.25. The van der Waals surface area contributed by atoms with Gasteiger partial charge in [0.15, 0.2) is 0 Å². The predicted molar refractivity (Wildman–Crippen MR) is 102 cm³/mol. The van der Waals surface area contributed by atoms with Gasteiger partial charge in [-0.1, -0.05) is 52.3 Å². The molecule has 6 heteroatoms. The van der Waals surface area contributed by atoms with E-state index in [2.05, 4.69) is 55.6 Å². The van der Waals surface area contributed by atoms with Crippen molar-refractivity contribution in [1.82, 2.24) is 20.1 Å². The van der Waals surface area contributed by atoms with Gasteiger partial charge in [-0.05, 0) is 41.2 Å². The number of nitrogens with zero attached hydrogens (tertiary/aromatic N) is 3. The van der Waals surface area contributed by atoms with Gasteiger partial charge in [-0.3, -0.25) is 4.79 Å². The monoisotopic (exact) mass is 410 g/mol. The topological polar surface area (TPSA) is 59.8 Å². The third kappa shape index (κ3) is 4.02. The van der Waals surface area contributed by atoms with Gasteiger partial charge in [0.25, 0.3) is 0 Å². The molecule has 3 aromatic rings. The van der Waals surface area contributed by atoms with E-state index in [0.717, 1.165) is 22.0 Å². The molecular weight excluding hydrogens is 392 g/mol. The van der Waals surface area contributed by atoms with Crippen molar-refractivity contribution in [2.45, 2.75) is 25.4 Å². The number of benzene rings is 2. The zero-order valence-electron chi connectivity index (χ0n) is 14.2. The number of carbonyl (C=O) groups is 1. The van der Waals surface area contributed by atoms with Crippen molar-refractivity contribution in [2.24, 2.45) is 5.92 Å². The molecule has 1 heterocycles. The lowest BCUT2D eigenvalue weighted by Crippen LogP contribution is -2.24. The van der Waals surface area contributed by atoms with Gasteiger partial charge in [0.2, 0.25) is 5.91 Å². The van der Waals surface area contributed by atoms with Gasteiger partial charge >= 0.3 is 0 Å². The molecule has 26 heavy (non-hydrogen) atoms. The number of hydrogen-bond donors (Lipinski definition) is 1. The molecule has 132 valence electrons. The Kier molecular flexibility index (Phi) is 4.84. The van der Waals surface area contributed by atoms with Gasteiger partial charge < -0.3 is 5.32 Å². The summed E-state index contributed by atoms with van der Waals surface area (Å²) in [7, 11) is 0. The minimum absolute atomic E-state index is 0.0998. The van der Waals surface area contributed by atoms with Crippen LogP contribution in [0.5, 0.6) is 0 Å². The Balaban J connectivity index is 1.27. The number of amides is 1. The molecular formula is C20H19BrN4O. The summed E-state index contributed by atoms with van der Waals surface area (Å²) in [5.74, 6) is 0.598. The van der Waals surface area contributed by atoms with Crippen LogP contribution in [-0.2, 0) is 17.9 Å². The summed E-state index contributed by atoms with van der Waals surface area (Å²) in [6.45, 7) is 1.26. The highest BCUT2D eigenvalue weighted by Gasteiger charge is 2.43. The SMILES string of the molecule is O=C(NCc1ccc(Cn2cncn2)cc1)C1CC1c1ccc(Br)cc1. The summed E-state index contributed by atoms with van der Waals surface area (Å²) in [5, 5.41) is 7.16. The van der Waals surface area contributed by atoms with Crippen LogP contribution in [0, 0.1) is 5.92 Å². The summed E-state index contributed by atoms with van der Waals surface area (Å²) < 4.78 is 2.85. The predicted octanol–water partition coefficient (Wildman–Crippen LogP) is 3.51. The number of rotatable bonds is 6. The molecule has 0 spiro atoms. The Bertz CT molecular complexity index is 875. The van der Waals surface area contributed by atoms with Crippen molar-refractivity contribution < 1.29 is 4.79 Å². The van der Waals surface area contributed by atoms with E-state index in [-0.39, 0.29) is 11.8 Å². The fourth-order valence-corrected chi connectivity index (χ4v) is 3.41. The summed E-state index contributed by atoms with van der Waals surface area (Å²) in [4.78, 5) is 16.3. The second-order valence-electron chi connectivity index (χ2n) is 6.63. The Hall–Kier alpha value is -2.47. The highest BCUT2D eigenvalue weighted by atomic mass is 79.9. The van der Waals surface area contributed by atoms with Crippen LogP contribution in [0.25, 0.3) is 0 Å². The normalized spacial score (nSPS) is 18.5. The van der Waals surface area contributed by atoms with E-state index in [9.17, 15) is 4.79 Å². The number of hydrogen-bond acceptors (Lipinski definition) is 3. The number of carbonyl (C=O) groups excluding carboxylic acids is 1. The average Bonchev–Trinajstić information content (AvgIpc) is 3.30. The first-order valence-electron chi connectivity index (χ1n) is 8.62. The Morgan fingerprint density at radius 2 is 1.85 bits per heavy atom. The summed E-state index contributed by atoms with van der Waals surface area (Å²) in [6.07, 6.45) is 4.17. The number of nitrogens with one attached hydrogen (secondary N) is 1. The standard InChI is InChI=1S/C20H19BrN4O/c21-17-7-5-16(6-8-17)18-9-19(18)20(26)23-10-14-1-3-15(4-2-14)11-25-13-22-12-24-25/h1-8,12-13,18-19H,9-11H2,(H,23,26). The van der Waals surface area contributed by atoms with Gasteiger partial charge in [0.05, 0.1) is 6.54 Å². The van der Waals surface area contributed by atoms with Crippen molar-refractivity contribution in [2.75, 3.05) is 0 Å².